The zero-order valence-corrected chi connectivity index (χ0v) is 17.0. The first kappa shape index (κ1) is 24.8. The molecule has 0 saturated heterocycles. The molecule has 0 aliphatic rings. The van der Waals surface area contributed by atoms with Gasteiger partial charge in [-0.05, 0) is 39.3 Å². The molecule has 0 aliphatic heterocycles. The minimum absolute atomic E-state index is 0.0915. The molecule has 0 aliphatic carbocycles. The first-order chi connectivity index (χ1) is 13.4. The van der Waals surface area contributed by atoms with Crippen molar-refractivity contribution in [3.8, 4) is 0 Å². The molecule has 5 nitrogen and oxygen atoms in total. The minimum Gasteiger partial charge on any atom is -0.352 e. The lowest BCUT2D eigenvalue weighted by molar-refractivity contribution is -0.117. The quantitative estimate of drug-likeness (QED) is 0.592. The number of hydrogen-bond donors (Lipinski definition) is 2. The summed E-state index contributed by atoms with van der Waals surface area (Å²) in [5.74, 6) is -0.240. The second kappa shape index (κ2) is 14.9. The van der Waals surface area contributed by atoms with Gasteiger partial charge in [0.05, 0.1) is 0 Å². The molecule has 0 radical (unpaired) electrons. The molecule has 0 fully saturated rings. The molecular weight excluding hydrogens is 352 g/mol. The summed E-state index contributed by atoms with van der Waals surface area (Å²) in [7, 11) is 0. The van der Waals surface area contributed by atoms with E-state index in [0.717, 1.165) is 5.56 Å². The number of hydrogen-bond acceptors (Lipinski definition) is 3. The normalized spacial score (nSPS) is 8.96. The smallest absolute Gasteiger partial charge is 0.251 e. The van der Waals surface area contributed by atoms with Crippen LogP contribution in [0.25, 0.3) is 0 Å². The fraction of sp³-hybridized carbons (Fsp3) is 0.261. The Morgan fingerprint density at radius 1 is 0.821 bits per heavy atom. The van der Waals surface area contributed by atoms with E-state index in [1.54, 1.807) is 19.1 Å². The van der Waals surface area contributed by atoms with Gasteiger partial charge in [-0.25, -0.2) is 0 Å². The summed E-state index contributed by atoms with van der Waals surface area (Å²) < 4.78 is 0. The summed E-state index contributed by atoms with van der Waals surface area (Å²) in [5, 5.41) is 5.52. The van der Waals surface area contributed by atoms with Crippen LogP contribution >= 0.6 is 0 Å². The third kappa shape index (κ3) is 11.4. The molecule has 2 rings (SSSR count). The number of amides is 2. The number of aryl methyl sites for hydroxylation is 2. The van der Waals surface area contributed by atoms with E-state index in [0.29, 0.717) is 30.6 Å². The Hall–Kier alpha value is -3.21. The minimum atomic E-state index is -0.148. The monoisotopic (exact) mass is 382 g/mol. The van der Waals surface area contributed by atoms with Gasteiger partial charge in [-0.15, -0.1) is 0 Å². The molecule has 0 atom stereocenters. The highest BCUT2D eigenvalue weighted by atomic mass is 16.2. The summed E-state index contributed by atoms with van der Waals surface area (Å²) in [6.45, 7) is 12.3. The van der Waals surface area contributed by atoms with Crippen LogP contribution in [-0.4, -0.2) is 31.7 Å². The van der Waals surface area contributed by atoms with Gasteiger partial charge in [-0.2, -0.15) is 0 Å². The summed E-state index contributed by atoms with van der Waals surface area (Å²) in [5.41, 5.74) is 3.59. The molecule has 28 heavy (non-hydrogen) atoms. The lowest BCUT2D eigenvalue weighted by Gasteiger charge is -2.07. The predicted molar refractivity (Wildman–Crippen MR) is 114 cm³/mol. The maximum atomic E-state index is 11.7. The van der Waals surface area contributed by atoms with Gasteiger partial charge in [0.25, 0.3) is 5.91 Å². The molecule has 5 heteroatoms. The maximum absolute atomic E-state index is 11.7. The summed E-state index contributed by atoms with van der Waals surface area (Å²) in [6.07, 6.45) is 0.691. The highest BCUT2D eigenvalue weighted by Crippen LogP contribution is 2.02. The molecule has 2 amide bonds. The molecule has 0 saturated carbocycles. The van der Waals surface area contributed by atoms with Crippen molar-refractivity contribution in [1.82, 2.24) is 10.6 Å². The van der Waals surface area contributed by atoms with Crippen molar-refractivity contribution in [2.45, 2.75) is 27.2 Å². The van der Waals surface area contributed by atoms with Crippen LogP contribution < -0.4 is 10.6 Å². The fourth-order valence-corrected chi connectivity index (χ4v) is 1.98. The van der Waals surface area contributed by atoms with Gasteiger partial charge in [0.2, 0.25) is 5.91 Å². The zero-order chi connectivity index (χ0) is 21.4. The highest BCUT2D eigenvalue weighted by Gasteiger charge is 2.04. The average Bonchev–Trinajstić information content (AvgIpc) is 2.70. The number of rotatable bonds is 6. The van der Waals surface area contributed by atoms with Gasteiger partial charge >= 0.3 is 0 Å². The topological polar surface area (TPSA) is 75.3 Å². The maximum Gasteiger partial charge on any atom is 0.251 e. The molecule has 2 aromatic carbocycles. The predicted octanol–water partition coefficient (Wildman–Crippen LogP) is 3.62. The van der Waals surface area contributed by atoms with E-state index in [-0.39, 0.29) is 11.8 Å². The second-order valence-corrected chi connectivity index (χ2v) is 6.17. The van der Waals surface area contributed by atoms with E-state index in [1.165, 1.54) is 5.56 Å². The summed E-state index contributed by atoms with van der Waals surface area (Å²) >= 11 is 0. The van der Waals surface area contributed by atoms with Gasteiger partial charge in [0, 0.05) is 24.2 Å². The molecular formula is C23H30N2O3. The SMILES string of the molecule is C=C(C)C(=O)NCCCNC(=O)c1ccc(C)cc1.C=O.Cc1ccccc1. The van der Waals surface area contributed by atoms with E-state index in [4.69, 9.17) is 4.79 Å². The van der Waals surface area contributed by atoms with Crippen molar-refractivity contribution in [3.63, 3.8) is 0 Å². The van der Waals surface area contributed by atoms with Crippen molar-refractivity contribution in [2.24, 2.45) is 0 Å². The van der Waals surface area contributed by atoms with Crippen LogP contribution in [0.1, 0.15) is 34.8 Å². The molecule has 0 unspecified atom stereocenters. The number of carbonyl (C=O) groups excluding carboxylic acids is 3. The van der Waals surface area contributed by atoms with Gasteiger partial charge in [0.15, 0.2) is 0 Å². The molecule has 2 aromatic rings. The van der Waals surface area contributed by atoms with Crippen LogP contribution in [0.5, 0.6) is 0 Å². The Balaban J connectivity index is 0.000000670. The van der Waals surface area contributed by atoms with Crippen molar-refractivity contribution >= 4 is 18.6 Å². The van der Waals surface area contributed by atoms with Crippen LogP contribution in [0.2, 0.25) is 0 Å². The van der Waals surface area contributed by atoms with E-state index >= 15 is 0 Å². The lowest BCUT2D eigenvalue weighted by Crippen LogP contribution is -2.30. The van der Waals surface area contributed by atoms with Gasteiger partial charge in [-0.3, -0.25) is 9.59 Å². The Morgan fingerprint density at radius 3 is 1.79 bits per heavy atom. The fourth-order valence-electron chi connectivity index (χ4n) is 1.98. The number of benzene rings is 2. The van der Waals surface area contributed by atoms with Crippen molar-refractivity contribution < 1.29 is 14.4 Å². The highest BCUT2D eigenvalue weighted by molar-refractivity contribution is 5.94. The molecule has 0 bridgehead atoms. The Labute approximate surface area is 167 Å². The van der Waals surface area contributed by atoms with Crippen LogP contribution in [0.15, 0.2) is 66.7 Å². The van der Waals surface area contributed by atoms with E-state index in [9.17, 15) is 9.59 Å². The average molecular weight is 383 g/mol. The Bertz CT molecular complexity index is 725. The third-order valence-corrected chi connectivity index (χ3v) is 3.57. The van der Waals surface area contributed by atoms with Crippen LogP contribution in [0, 0.1) is 13.8 Å². The van der Waals surface area contributed by atoms with Crippen LogP contribution in [0.3, 0.4) is 0 Å². The largest absolute Gasteiger partial charge is 0.352 e. The van der Waals surface area contributed by atoms with Crippen molar-refractivity contribution in [3.05, 3.63) is 83.4 Å². The molecule has 0 aromatic heterocycles. The first-order valence-corrected chi connectivity index (χ1v) is 8.99. The Morgan fingerprint density at radius 2 is 1.32 bits per heavy atom. The van der Waals surface area contributed by atoms with Crippen LogP contribution in [-0.2, 0) is 9.59 Å². The first-order valence-electron chi connectivity index (χ1n) is 8.99. The van der Waals surface area contributed by atoms with Crippen LogP contribution in [0.4, 0.5) is 0 Å². The zero-order valence-electron chi connectivity index (χ0n) is 17.0. The van der Waals surface area contributed by atoms with E-state index in [2.05, 4.69) is 36.3 Å². The van der Waals surface area contributed by atoms with Gasteiger partial charge in [-0.1, -0.05) is 60.2 Å². The molecule has 150 valence electrons. The molecule has 2 N–H and O–H groups in total. The van der Waals surface area contributed by atoms with Crippen molar-refractivity contribution in [1.29, 1.82) is 0 Å². The van der Waals surface area contributed by atoms with E-state index < -0.39 is 0 Å². The second-order valence-electron chi connectivity index (χ2n) is 6.17. The molecule has 0 heterocycles. The summed E-state index contributed by atoms with van der Waals surface area (Å²) in [4.78, 5) is 30.9. The lowest BCUT2D eigenvalue weighted by atomic mass is 10.1. The van der Waals surface area contributed by atoms with Gasteiger partial charge in [0.1, 0.15) is 6.79 Å². The van der Waals surface area contributed by atoms with E-state index in [1.807, 2.05) is 44.0 Å². The van der Waals surface area contributed by atoms with Crippen molar-refractivity contribution in [2.75, 3.05) is 13.1 Å². The number of carbonyl (C=O) groups is 3. The standard InChI is InChI=1S/C15H20N2O2.C7H8.CH2O/c1-11(2)14(18)16-9-4-10-17-15(19)13-7-5-12(3)6-8-13;1-7-5-3-2-4-6-7;1-2/h5-8H,1,4,9-10H2,2-3H3,(H,16,18)(H,17,19);2-6H,1H3;1H2. The molecule has 0 spiro atoms. The van der Waals surface area contributed by atoms with Gasteiger partial charge < -0.3 is 15.4 Å². The third-order valence-electron chi connectivity index (χ3n) is 3.57. The number of nitrogens with one attached hydrogen (secondary N) is 2. The summed E-state index contributed by atoms with van der Waals surface area (Å²) in [6, 6.07) is 17.7. The Kier molecular flexibility index (Phi) is 13.2.